The molecule has 0 saturated carbocycles. The highest BCUT2D eigenvalue weighted by atomic mass is 19.1. The summed E-state index contributed by atoms with van der Waals surface area (Å²) in [5.74, 6) is 0.444. The number of halogens is 1. The quantitative estimate of drug-likeness (QED) is 0.220. The average molecular weight is 567 g/mol. The van der Waals surface area contributed by atoms with E-state index in [1.807, 2.05) is 60.7 Å². The van der Waals surface area contributed by atoms with E-state index in [0.717, 1.165) is 51.3 Å². The predicted octanol–water partition coefficient (Wildman–Crippen LogP) is 9.07. The number of ether oxygens (including phenoxy) is 2. The van der Waals surface area contributed by atoms with Crippen molar-refractivity contribution >= 4 is 5.97 Å². The lowest BCUT2D eigenvalue weighted by Crippen LogP contribution is -2.34. The predicted molar refractivity (Wildman–Crippen MR) is 165 cm³/mol. The van der Waals surface area contributed by atoms with Gasteiger partial charge in [0.2, 0.25) is 0 Å². The molecular weight excluding hydrogens is 527 g/mol. The molecule has 0 radical (unpaired) electrons. The summed E-state index contributed by atoms with van der Waals surface area (Å²) < 4.78 is 28.1. The first-order valence-electron chi connectivity index (χ1n) is 14.7. The molecule has 0 amide bonds. The number of carboxylic acid groups (broad SMARTS) is 1. The van der Waals surface area contributed by atoms with Gasteiger partial charge >= 0.3 is 5.97 Å². The maximum absolute atomic E-state index is 15.3. The lowest BCUT2D eigenvalue weighted by atomic mass is 9.73. The number of hydrogen-bond donors (Lipinski definition) is 1. The van der Waals surface area contributed by atoms with Crippen LogP contribution in [0.4, 0.5) is 4.39 Å². The number of aliphatic carboxylic acids is 1. The Bertz CT molecular complexity index is 1580. The first-order valence-corrected chi connectivity index (χ1v) is 14.7. The van der Waals surface area contributed by atoms with Crippen LogP contribution in [-0.4, -0.2) is 17.2 Å². The van der Waals surface area contributed by atoms with Crippen LogP contribution in [-0.2, 0) is 16.8 Å². The molecule has 1 N–H and O–H groups in total. The number of fused-ring (bicyclic) bond motifs is 1. The fourth-order valence-electron chi connectivity index (χ4n) is 6.28. The van der Waals surface area contributed by atoms with Crippen LogP contribution in [0.2, 0.25) is 0 Å². The third kappa shape index (κ3) is 5.65. The lowest BCUT2D eigenvalue weighted by molar-refractivity contribution is -0.143. The van der Waals surface area contributed by atoms with Gasteiger partial charge in [-0.25, -0.2) is 4.39 Å². The molecule has 3 unspecified atom stereocenters. The van der Waals surface area contributed by atoms with E-state index in [1.54, 1.807) is 19.1 Å². The third-order valence-corrected chi connectivity index (χ3v) is 8.96. The lowest BCUT2D eigenvalue weighted by Gasteiger charge is -2.36. The molecule has 0 bridgehead atoms. The van der Waals surface area contributed by atoms with E-state index in [9.17, 15) is 9.90 Å². The Kier molecular flexibility index (Phi) is 8.40. The summed E-state index contributed by atoms with van der Waals surface area (Å²) in [5, 5.41) is 10.4. The molecule has 4 aromatic carbocycles. The molecule has 1 aliphatic heterocycles. The van der Waals surface area contributed by atoms with Gasteiger partial charge in [0.15, 0.2) is 0 Å². The minimum atomic E-state index is -1.25. The van der Waals surface area contributed by atoms with Crippen LogP contribution in [0.15, 0.2) is 78.9 Å². The first kappa shape index (κ1) is 29.4. The Morgan fingerprint density at radius 1 is 0.976 bits per heavy atom. The second-order valence-corrected chi connectivity index (χ2v) is 11.8. The second-order valence-electron chi connectivity index (χ2n) is 11.8. The van der Waals surface area contributed by atoms with E-state index in [-0.39, 0.29) is 12.0 Å². The third-order valence-electron chi connectivity index (χ3n) is 8.96. The van der Waals surface area contributed by atoms with Crippen LogP contribution in [0.25, 0.3) is 11.1 Å². The zero-order valence-electron chi connectivity index (χ0n) is 25.0. The maximum Gasteiger partial charge on any atom is 0.313 e. The van der Waals surface area contributed by atoms with E-state index in [2.05, 4.69) is 27.7 Å². The van der Waals surface area contributed by atoms with Crippen molar-refractivity contribution in [3.05, 3.63) is 118 Å². The van der Waals surface area contributed by atoms with E-state index in [4.69, 9.17) is 9.47 Å². The minimum Gasteiger partial charge on any atom is -0.490 e. The molecule has 218 valence electrons. The molecule has 0 saturated heterocycles. The molecule has 5 rings (SSSR count). The summed E-state index contributed by atoms with van der Waals surface area (Å²) in [7, 11) is 0. The topological polar surface area (TPSA) is 55.8 Å². The molecule has 4 aromatic rings. The van der Waals surface area contributed by atoms with Crippen LogP contribution in [0.1, 0.15) is 72.4 Å². The molecule has 3 atom stereocenters. The Labute approximate surface area is 248 Å². The van der Waals surface area contributed by atoms with Crippen molar-refractivity contribution in [2.75, 3.05) is 0 Å². The molecule has 0 spiro atoms. The normalized spacial score (nSPS) is 17.6. The summed E-state index contributed by atoms with van der Waals surface area (Å²) in [6.45, 7) is 10.4. The molecule has 4 nitrogen and oxygen atoms in total. The Morgan fingerprint density at radius 2 is 1.64 bits per heavy atom. The SMILES string of the molecule is Cc1c(C)c2c(c(C)c1OCc1ccccc1)C(CCC(C)(C(=O)O)c1ccc(-c3ccccc3)c(F)c1)CC(C)O2. The average Bonchev–Trinajstić information content (AvgIpc) is 2.99. The highest BCUT2D eigenvalue weighted by Gasteiger charge is 2.39. The van der Waals surface area contributed by atoms with Crippen LogP contribution in [0, 0.1) is 26.6 Å². The van der Waals surface area contributed by atoms with Crippen LogP contribution in [0.5, 0.6) is 11.5 Å². The highest BCUT2D eigenvalue weighted by Crippen LogP contribution is 2.49. The number of carbonyl (C=O) groups is 1. The van der Waals surface area contributed by atoms with Gasteiger partial charge in [-0.05, 0) is 99.2 Å². The molecule has 1 aliphatic rings. The van der Waals surface area contributed by atoms with E-state index in [1.165, 1.54) is 6.07 Å². The Morgan fingerprint density at radius 3 is 2.29 bits per heavy atom. The summed E-state index contributed by atoms with van der Waals surface area (Å²) in [5.41, 5.74) is 5.77. The second kappa shape index (κ2) is 12.0. The van der Waals surface area contributed by atoms with E-state index < -0.39 is 17.2 Å². The Hall–Kier alpha value is -4.12. The van der Waals surface area contributed by atoms with Crippen LogP contribution in [0.3, 0.4) is 0 Å². The highest BCUT2D eigenvalue weighted by molar-refractivity contribution is 5.81. The van der Waals surface area contributed by atoms with E-state index in [0.29, 0.717) is 30.6 Å². The fraction of sp³-hybridized carbons (Fsp3) is 0.324. The fourth-order valence-corrected chi connectivity index (χ4v) is 6.28. The number of benzene rings is 4. The van der Waals surface area contributed by atoms with Gasteiger partial charge in [0, 0.05) is 11.1 Å². The van der Waals surface area contributed by atoms with Crippen molar-refractivity contribution in [2.45, 2.75) is 77.9 Å². The van der Waals surface area contributed by atoms with Crippen LogP contribution < -0.4 is 9.47 Å². The van der Waals surface area contributed by atoms with Gasteiger partial charge in [-0.15, -0.1) is 0 Å². The molecule has 1 heterocycles. The molecule has 0 aromatic heterocycles. The molecular formula is C37H39FO4. The van der Waals surface area contributed by atoms with Gasteiger partial charge in [0.25, 0.3) is 0 Å². The Balaban J connectivity index is 1.45. The summed E-state index contributed by atoms with van der Waals surface area (Å²) >= 11 is 0. The zero-order valence-corrected chi connectivity index (χ0v) is 25.0. The van der Waals surface area contributed by atoms with Gasteiger partial charge in [0.1, 0.15) is 23.9 Å². The van der Waals surface area contributed by atoms with E-state index >= 15 is 4.39 Å². The van der Waals surface area contributed by atoms with Crippen molar-refractivity contribution in [3.63, 3.8) is 0 Å². The maximum atomic E-state index is 15.3. The summed E-state index contributed by atoms with van der Waals surface area (Å²) in [4.78, 5) is 12.7. The molecule has 0 fully saturated rings. The van der Waals surface area contributed by atoms with Gasteiger partial charge in [-0.1, -0.05) is 72.8 Å². The van der Waals surface area contributed by atoms with Crippen molar-refractivity contribution in [1.29, 1.82) is 0 Å². The van der Waals surface area contributed by atoms with Gasteiger partial charge < -0.3 is 14.6 Å². The largest absolute Gasteiger partial charge is 0.490 e. The van der Waals surface area contributed by atoms with Crippen molar-refractivity contribution in [1.82, 2.24) is 0 Å². The first-order chi connectivity index (χ1) is 20.1. The van der Waals surface area contributed by atoms with Crippen molar-refractivity contribution in [2.24, 2.45) is 0 Å². The van der Waals surface area contributed by atoms with Crippen LogP contribution >= 0.6 is 0 Å². The van der Waals surface area contributed by atoms with Crippen molar-refractivity contribution in [3.8, 4) is 22.6 Å². The smallest absolute Gasteiger partial charge is 0.313 e. The summed E-state index contributed by atoms with van der Waals surface area (Å²) in [6, 6.07) is 24.2. The van der Waals surface area contributed by atoms with Gasteiger partial charge in [-0.3, -0.25) is 4.79 Å². The number of rotatable bonds is 9. The van der Waals surface area contributed by atoms with Crippen molar-refractivity contribution < 1.29 is 23.8 Å². The zero-order chi connectivity index (χ0) is 30.0. The van der Waals surface area contributed by atoms with Gasteiger partial charge in [0.05, 0.1) is 11.5 Å². The van der Waals surface area contributed by atoms with Gasteiger partial charge in [-0.2, -0.15) is 0 Å². The molecule has 42 heavy (non-hydrogen) atoms. The monoisotopic (exact) mass is 566 g/mol. The minimum absolute atomic E-state index is 0.00484. The summed E-state index contributed by atoms with van der Waals surface area (Å²) in [6.07, 6.45) is 1.74. The number of carboxylic acids is 1. The molecule has 0 aliphatic carbocycles. The molecule has 5 heteroatoms. The number of hydrogen-bond acceptors (Lipinski definition) is 3. The standard InChI is InChI=1S/C37H39FO4/c1-23-20-29(33-26(4)34(24(2)25(3)35(33)42-23)41-22-27-12-8-6-9-13-27)18-19-37(5,36(39)40)30-16-17-31(32(38)21-30)28-14-10-7-11-15-28/h6-17,21,23,29H,18-20,22H2,1-5H3,(H,39,40).